The van der Waals surface area contributed by atoms with Crippen molar-refractivity contribution in [3.05, 3.63) is 15.8 Å². The molecule has 1 aromatic heterocycles. The zero-order chi connectivity index (χ0) is 28.2. The van der Waals surface area contributed by atoms with Gasteiger partial charge in [-0.3, -0.25) is 9.59 Å². The summed E-state index contributed by atoms with van der Waals surface area (Å²) in [6.45, 7) is 12.0. The van der Waals surface area contributed by atoms with Crippen molar-refractivity contribution in [1.82, 2.24) is 0 Å². The largest absolute Gasteiger partial charge is 0.477 e. The average molecular weight is 545 g/mol. The maximum Gasteiger partial charge on any atom is 0.348 e. The van der Waals surface area contributed by atoms with Crippen molar-refractivity contribution in [2.45, 2.75) is 111 Å². The molecular formula is C30H44N2O5S. The van der Waals surface area contributed by atoms with Gasteiger partial charge in [-0.1, -0.05) is 32.6 Å². The Morgan fingerprint density at radius 2 is 1.68 bits per heavy atom. The molecule has 0 radical (unpaired) electrons. The maximum atomic E-state index is 14.0. The van der Waals surface area contributed by atoms with Crippen molar-refractivity contribution in [2.75, 3.05) is 4.90 Å². The van der Waals surface area contributed by atoms with Crippen molar-refractivity contribution in [3.63, 3.8) is 0 Å². The van der Waals surface area contributed by atoms with Crippen LogP contribution in [0.25, 0.3) is 0 Å². The molecular weight excluding hydrogens is 500 g/mol. The minimum absolute atomic E-state index is 0.00577. The Balaban J connectivity index is 1.89. The summed E-state index contributed by atoms with van der Waals surface area (Å²) in [5.41, 5.74) is 6.19. The molecule has 0 saturated heterocycles. The van der Waals surface area contributed by atoms with Gasteiger partial charge in [0.05, 0.1) is 10.6 Å². The molecule has 3 rings (SSSR count). The third-order valence-corrected chi connectivity index (χ3v) is 8.64. The van der Waals surface area contributed by atoms with Gasteiger partial charge in [-0.15, -0.1) is 11.3 Å². The Bertz CT molecular complexity index is 1060. The number of carbonyl (C=O) groups is 3. The second-order valence-corrected chi connectivity index (χ2v) is 13.5. The van der Waals surface area contributed by atoms with Gasteiger partial charge in [0.1, 0.15) is 17.0 Å². The highest BCUT2D eigenvalue weighted by Crippen LogP contribution is 2.39. The summed E-state index contributed by atoms with van der Waals surface area (Å²) in [7, 11) is 0. The predicted octanol–water partition coefficient (Wildman–Crippen LogP) is 5.84. The molecule has 1 atom stereocenters. The number of anilines is 1. The van der Waals surface area contributed by atoms with Crippen molar-refractivity contribution < 1.29 is 24.2 Å². The smallest absolute Gasteiger partial charge is 0.348 e. The number of rotatable bonds is 7. The highest BCUT2D eigenvalue weighted by atomic mass is 32.1. The number of esters is 1. The molecule has 3 N–H and O–H groups in total. The van der Waals surface area contributed by atoms with Crippen LogP contribution in [0.1, 0.15) is 107 Å². The topological polar surface area (TPSA) is 110 Å². The van der Waals surface area contributed by atoms with Crippen molar-refractivity contribution >= 4 is 34.9 Å². The van der Waals surface area contributed by atoms with Crippen LogP contribution in [0.2, 0.25) is 0 Å². The van der Waals surface area contributed by atoms with E-state index in [4.69, 9.17) is 10.5 Å². The molecule has 2 saturated carbocycles. The summed E-state index contributed by atoms with van der Waals surface area (Å²) in [5, 5.41) is 10.1. The van der Waals surface area contributed by atoms with Crippen molar-refractivity contribution in [2.24, 2.45) is 28.9 Å². The number of amides is 1. The lowest BCUT2D eigenvalue weighted by Crippen LogP contribution is -2.48. The molecule has 38 heavy (non-hydrogen) atoms. The van der Waals surface area contributed by atoms with E-state index in [1.54, 1.807) is 11.0 Å². The Kier molecular flexibility index (Phi) is 10.0. The van der Waals surface area contributed by atoms with Gasteiger partial charge in [0.2, 0.25) is 5.91 Å². The minimum atomic E-state index is -1.05. The van der Waals surface area contributed by atoms with Crippen LogP contribution in [0, 0.1) is 35.0 Å². The van der Waals surface area contributed by atoms with E-state index >= 15 is 0 Å². The molecule has 0 aromatic carbocycles. The van der Waals surface area contributed by atoms with E-state index in [2.05, 4.69) is 18.8 Å². The molecule has 0 unspecified atom stereocenters. The number of hydrogen-bond donors (Lipinski definition) is 2. The third-order valence-electron chi connectivity index (χ3n) is 7.61. The van der Waals surface area contributed by atoms with Crippen LogP contribution in [-0.2, 0) is 14.3 Å². The lowest BCUT2D eigenvalue weighted by molar-refractivity contribution is -0.153. The van der Waals surface area contributed by atoms with Gasteiger partial charge < -0.3 is 20.5 Å². The standard InChI is InChI=1S/C30H44N2O5S/c1-18(2)25(31)29(36)37-22-13-11-21(12-14-22)32(27(33)20-9-7-19(3)8-10-20)24-17-23(15-16-30(4,5)6)38-26(24)28(34)35/h17-22,25H,7-14,31H2,1-6H3,(H,34,35)/t19-,20-,21-,22-,25-/m0/s1. The summed E-state index contributed by atoms with van der Waals surface area (Å²) in [6, 6.07) is 0.965. The van der Waals surface area contributed by atoms with Crippen molar-refractivity contribution in [3.8, 4) is 11.8 Å². The molecule has 2 fully saturated rings. The monoisotopic (exact) mass is 544 g/mol. The highest BCUT2D eigenvalue weighted by molar-refractivity contribution is 7.15. The number of carbonyl (C=O) groups excluding carboxylic acids is 2. The molecule has 8 heteroatoms. The molecule has 0 bridgehead atoms. The number of nitrogens with two attached hydrogens (primary N) is 1. The summed E-state index contributed by atoms with van der Waals surface area (Å²) in [4.78, 5) is 41.3. The quantitative estimate of drug-likeness (QED) is 0.330. The summed E-state index contributed by atoms with van der Waals surface area (Å²) >= 11 is 1.13. The number of aromatic carboxylic acids is 1. The van der Waals surface area contributed by atoms with Gasteiger partial charge >= 0.3 is 11.9 Å². The van der Waals surface area contributed by atoms with Crippen LogP contribution in [0.3, 0.4) is 0 Å². The second-order valence-electron chi connectivity index (χ2n) is 12.4. The third kappa shape index (κ3) is 7.83. The van der Waals surface area contributed by atoms with Crippen LogP contribution < -0.4 is 10.6 Å². The Morgan fingerprint density at radius 3 is 2.21 bits per heavy atom. The maximum absolute atomic E-state index is 14.0. The number of nitrogens with zero attached hydrogens (tertiary/aromatic N) is 1. The first-order valence-electron chi connectivity index (χ1n) is 14.0. The lowest BCUT2D eigenvalue weighted by Gasteiger charge is -2.39. The second kappa shape index (κ2) is 12.7. The van der Waals surface area contributed by atoms with Crippen LogP contribution in [0.4, 0.5) is 5.69 Å². The predicted molar refractivity (Wildman–Crippen MR) is 151 cm³/mol. The molecule has 0 spiro atoms. The Morgan fingerprint density at radius 1 is 1.08 bits per heavy atom. The van der Waals surface area contributed by atoms with Crippen molar-refractivity contribution in [1.29, 1.82) is 0 Å². The first-order valence-corrected chi connectivity index (χ1v) is 14.8. The Labute approximate surface area is 231 Å². The normalized spacial score (nSPS) is 24.7. The van der Waals surface area contributed by atoms with Gasteiger partial charge in [-0.2, -0.15) is 0 Å². The molecule has 1 aromatic rings. The fourth-order valence-electron chi connectivity index (χ4n) is 5.16. The molecule has 2 aliphatic carbocycles. The highest BCUT2D eigenvalue weighted by Gasteiger charge is 2.38. The van der Waals surface area contributed by atoms with Gasteiger partial charge in [-0.05, 0) is 90.0 Å². The fraction of sp³-hybridized carbons (Fsp3) is 0.700. The van der Waals surface area contributed by atoms with Crippen LogP contribution in [0.5, 0.6) is 0 Å². The minimum Gasteiger partial charge on any atom is -0.477 e. The first-order chi connectivity index (χ1) is 17.8. The van der Waals surface area contributed by atoms with E-state index in [1.165, 1.54) is 0 Å². The van der Waals surface area contributed by atoms with E-state index in [0.29, 0.717) is 42.2 Å². The number of hydrogen-bond acceptors (Lipinski definition) is 6. The lowest BCUT2D eigenvalue weighted by atomic mass is 9.81. The summed E-state index contributed by atoms with van der Waals surface area (Å²) in [6.07, 6.45) is 5.86. The molecule has 210 valence electrons. The van der Waals surface area contributed by atoms with Gasteiger partial charge in [0.25, 0.3) is 0 Å². The number of ether oxygens (including phenoxy) is 1. The van der Waals surface area contributed by atoms with Crippen LogP contribution in [0.15, 0.2) is 6.07 Å². The Hall–Kier alpha value is -2.37. The van der Waals surface area contributed by atoms with E-state index in [9.17, 15) is 19.5 Å². The van der Waals surface area contributed by atoms with Gasteiger partial charge in [0.15, 0.2) is 0 Å². The van der Waals surface area contributed by atoms with E-state index in [0.717, 1.165) is 37.0 Å². The molecule has 0 aliphatic heterocycles. The van der Waals surface area contributed by atoms with E-state index in [1.807, 2.05) is 34.6 Å². The first kappa shape index (κ1) is 30.2. The van der Waals surface area contributed by atoms with Crippen LogP contribution >= 0.6 is 11.3 Å². The average Bonchev–Trinajstić information content (AvgIpc) is 3.27. The fourth-order valence-corrected chi connectivity index (χ4v) is 6.00. The SMILES string of the molecule is CC(C)[C@H](N)C(=O)O[C@H]1CC[C@H](N(c2cc(C#CC(C)(C)C)sc2C(=O)O)C(=O)[C@H]2CC[C@H](C)CC2)CC1. The van der Waals surface area contributed by atoms with Gasteiger partial charge in [0, 0.05) is 17.4 Å². The van der Waals surface area contributed by atoms with E-state index < -0.39 is 12.0 Å². The zero-order valence-electron chi connectivity index (χ0n) is 23.7. The number of carboxylic acid groups (broad SMARTS) is 1. The molecule has 2 aliphatic rings. The zero-order valence-corrected chi connectivity index (χ0v) is 24.5. The number of carboxylic acids is 1. The molecule has 1 heterocycles. The van der Waals surface area contributed by atoms with Crippen LogP contribution in [-0.4, -0.2) is 41.1 Å². The molecule has 7 nitrogen and oxygen atoms in total. The summed E-state index contributed by atoms with van der Waals surface area (Å²) < 4.78 is 5.69. The van der Waals surface area contributed by atoms with E-state index in [-0.39, 0.29) is 46.2 Å². The summed E-state index contributed by atoms with van der Waals surface area (Å²) in [5.74, 6) is 5.36. The number of thiophene rings is 1. The molecule has 1 amide bonds. The van der Waals surface area contributed by atoms with Gasteiger partial charge in [-0.25, -0.2) is 4.79 Å².